The zero-order valence-corrected chi connectivity index (χ0v) is 26.7. The lowest BCUT2D eigenvalue weighted by molar-refractivity contribution is -0.138. The summed E-state index contributed by atoms with van der Waals surface area (Å²) >= 11 is 0. The molecule has 1 aliphatic carbocycles. The molecule has 0 N–H and O–H groups in total. The number of halogens is 5. The van der Waals surface area contributed by atoms with Crippen LogP contribution >= 0.6 is 0 Å². The van der Waals surface area contributed by atoms with Crippen LogP contribution in [0.4, 0.5) is 27.6 Å². The number of alkyl halides is 5. The van der Waals surface area contributed by atoms with Crippen LogP contribution in [0.5, 0.6) is 0 Å². The quantitative estimate of drug-likeness (QED) is 0.265. The average Bonchev–Trinajstić information content (AvgIpc) is 3.74. The van der Waals surface area contributed by atoms with Gasteiger partial charge in [-0.2, -0.15) is 13.2 Å². The van der Waals surface area contributed by atoms with E-state index >= 15 is 0 Å². The van der Waals surface area contributed by atoms with Crippen molar-refractivity contribution in [1.82, 2.24) is 4.98 Å². The first-order valence-electron chi connectivity index (χ1n) is 15.0. The number of hydrogen-bond donors (Lipinski definition) is 0. The van der Waals surface area contributed by atoms with E-state index in [-0.39, 0.29) is 48.4 Å². The van der Waals surface area contributed by atoms with Crippen molar-refractivity contribution in [3.63, 3.8) is 0 Å². The molecular formula is C33H51F5N2O. The SMILES string of the molecule is CC.CC.CC(=O)c1c(N2CCCC(F)(F)CC2)cc(C2CC2)c(C(F)(F)F)c1C.CCC.Cc1ccnc(C)c1. The van der Waals surface area contributed by atoms with Gasteiger partial charge in [0.25, 0.3) is 0 Å². The van der Waals surface area contributed by atoms with Crippen LogP contribution in [-0.2, 0) is 6.18 Å². The molecule has 8 heteroatoms. The number of rotatable bonds is 3. The molecule has 1 saturated carbocycles. The van der Waals surface area contributed by atoms with E-state index in [2.05, 4.69) is 31.8 Å². The summed E-state index contributed by atoms with van der Waals surface area (Å²) in [5.74, 6) is -3.41. The highest BCUT2D eigenvalue weighted by Crippen LogP contribution is 2.49. The van der Waals surface area contributed by atoms with Gasteiger partial charge in [0.2, 0.25) is 5.92 Å². The van der Waals surface area contributed by atoms with Gasteiger partial charge in [-0.25, -0.2) is 8.78 Å². The van der Waals surface area contributed by atoms with E-state index < -0.39 is 23.4 Å². The van der Waals surface area contributed by atoms with Crippen LogP contribution in [0.2, 0.25) is 0 Å². The van der Waals surface area contributed by atoms with Crippen LogP contribution in [-0.4, -0.2) is 29.8 Å². The molecule has 0 spiro atoms. The number of pyridine rings is 1. The number of benzene rings is 1. The number of ketones is 1. The second-order valence-electron chi connectivity index (χ2n) is 10.1. The third-order valence-corrected chi connectivity index (χ3v) is 6.35. The molecule has 1 aromatic carbocycles. The van der Waals surface area contributed by atoms with Gasteiger partial charge in [0.15, 0.2) is 5.78 Å². The van der Waals surface area contributed by atoms with E-state index in [1.165, 1.54) is 31.9 Å². The number of aryl methyl sites for hydroxylation is 2. The topological polar surface area (TPSA) is 33.2 Å². The lowest BCUT2D eigenvalue weighted by Gasteiger charge is -2.29. The number of anilines is 1. The number of nitrogens with zero attached hydrogens (tertiary/aromatic N) is 2. The molecule has 0 bridgehead atoms. The lowest BCUT2D eigenvalue weighted by Crippen LogP contribution is -2.28. The standard InChI is InChI=1S/C19H22F5NO.C7H9N.C3H8.2C2H6/c1-11-16(12(2)26)15(25-8-3-6-18(20,21)7-9-25)10-14(13-4-5-13)17(11)19(22,23)24;1-6-3-4-8-7(2)5-6;1-3-2;2*1-2/h10,13H,3-9H2,1-2H3;3-5H,1-2H3;3H2,1-2H3;2*1-2H3. The van der Waals surface area contributed by atoms with Crippen LogP contribution in [0.1, 0.15) is 131 Å². The molecule has 4 rings (SSSR count). The van der Waals surface area contributed by atoms with E-state index in [1.54, 1.807) is 4.90 Å². The number of hydrogen-bond acceptors (Lipinski definition) is 3. The highest BCUT2D eigenvalue weighted by atomic mass is 19.4. The fourth-order valence-corrected chi connectivity index (χ4v) is 4.60. The molecule has 234 valence electrons. The number of carbonyl (C=O) groups is 1. The van der Waals surface area contributed by atoms with Gasteiger partial charge in [-0.05, 0) is 87.8 Å². The summed E-state index contributed by atoms with van der Waals surface area (Å²) in [6.07, 6.45) is -0.472. The van der Waals surface area contributed by atoms with Crippen molar-refractivity contribution in [2.75, 3.05) is 18.0 Å². The average molecular weight is 587 g/mol. The van der Waals surface area contributed by atoms with Crippen molar-refractivity contribution in [2.24, 2.45) is 0 Å². The van der Waals surface area contributed by atoms with Gasteiger partial charge < -0.3 is 4.90 Å². The fourth-order valence-electron chi connectivity index (χ4n) is 4.60. The molecule has 0 radical (unpaired) electrons. The minimum absolute atomic E-state index is 0.00643. The Labute approximate surface area is 244 Å². The fraction of sp³-hybridized carbons (Fsp3) is 0.636. The Morgan fingerprint density at radius 2 is 1.56 bits per heavy atom. The molecule has 0 unspecified atom stereocenters. The number of Topliss-reactive ketones (excluding diaryl/α,β-unsaturated/α-hetero) is 1. The van der Waals surface area contributed by atoms with E-state index in [9.17, 15) is 26.7 Å². The minimum atomic E-state index is -4.55. The minimum Gasteiger partial charge on any atom is -0.371 e. The Kier molecular flexibility index (Phi) is 17.0. The summed E-state index contributed by atoms with van der Waals surface area (Å²) in [6, 6.07) is 5.49. The number of carbonyl (C=O) groups excluding carboxylic acids is 1. The van der Waals surface area contributed by atoms with Gasteiger partial charge in [0, 0.05) is 49.1 Å². The normalized spacial score (nSPS) is 15.7. The van der Waals surface area contributed by atoms with Crippen molar-refractivity contribution in [3.05, 3.63) is 57.9 Å². The Morgan fingerprint density at radius 3 is 1.98 bits per heavy atom. The molecule has 1 saturated heterocycles. The van der Waals surface area contributed by atoms with E-state index in [1.807, 2.05) is 46.9 Å². The van der Waals surface area contributed by atoms with Gasteiger partial charge in [-0.3, -0.25) is 9.78 Å². The maximum atomic E-state index is 13.7. The van der Waals surface area contributed by atoms with Crippen LogP contribution in [0.25, 0.3) is 0 Å². The molecule has 1 aromatic heterocycles. The van der Waals surface area contributed by atoms with Crippen LogP contribution < -0.4 is 4.90 Å². The monoisotopic (exact) mass is 586 g/mol. The zero-order valence-electron chi connectivity index (χ0n) is 26.7. The second kappa shape index (κ2) is 18.1. The van der Waals surface area contributed by atoms with Gasteiger partial charge in [0.05, 0.1) is 5.56 Å². The highest BCUT2D eigenvalue weighted by molar-refractivity contribution is 6.02. The molecule has 2 fully saturated rings. The first-order valence-corrected chi connectivity index (χ1v) is 15.0. The van der Waals surface area contributed by atoms with Crippen molar-refractivity contribution in [1.29, 1.82) is 0 Å². The maximum absolute atomic E-state index is 13.7. The third kappa shape index (κ3) is 12.5. The second-order valence-corrected chi connectivity index (χ2v) is 10.1. The molecule has 0 amide bonds. The zero-order chi connectivity index (χ0) is 32.0. The van der Waals surface area contributed by atoms with Gasteiger partial charge >= 0.3 is 6.18 Å². The Balaban J connectivity index is 0.000000885. The van der Waals surface area contributed by atoms with Crippen LogP contribution in [0, 0.1) is 20.8 Å². The Morgan fingerprint density at radius 1 is 1.00 bits per heavy atom. The van der Waals surface area contributed by atoms with Gasteiger partial charge in [0.1, 0.15) is 0 Å². The summed E-state index contributed by atoms with van der Waals surface area (Å²) in [4.78, 5) is 17.9. The summed E-state index contributed by atoms with van der Waals surface area (Å²) < 4.78 is 68.3. The molecule has 2 heterocycles. The molecule has 2 aromatic rings. The molecule has 0 atom stereocenters. The predicted molar refractivity (Wildman–Crippen MR) is 162 cm³/mol. The van der Waals surface area contributed by atoms with E-state index in [0.29, 0.717) is 25.1 Å². The Bertz CT molecular complexity index is 1050. The van der Waals surface area contributed by atoms with Gasteiger partial charge in [-0.1, -0.05) is 48.0 Å². The van der Waals surface area contributed by atoms with Crippen molar-refractivity contribution >= 4 is 11.5 Å². The molecular weight excluding hydrogens is 535 g/mol. The van der Waals surface area contributed by atoms with Gasteiger partial charge in [-0.15, -0.1) is 0 Å². The molecule has 1 aliphatic heterocycles. The smallest absolute Gasteiger partial charge is 0.371 e. The lowest BCUT2D eigenvalue weighted by atomic mass is 9.90. The molecule has 41 heavy (non-hydrogen) atoms. The summed E-state index contributed by atoms with van der Waals surface area (Å²) in [5, 5.41) is 0. The summed E-state index contributed by atoms with van der Waals surface area (Å²) in [5.41, 5.74) is 2.14. The first-order chi connectivity index (χ1) is 19.2. The van der Waals surface area contributed by atoms with Crippen molar-refractivity contribution in [2.45, 2.75) is 126 Å². The third-order valence-electron chi connectivity index (χ3n) is 6.35. The van der Waals surface area contributed by atoms with Crippen molar-refractivity contribution in [3.8, 4) is 0 Å². The Hall–Kier alpha value is -2.51. The summed E-state index contributed by atoms with van der Waals surface area (Å²) in [7, 11) is 0. The number of aromatic nitrogens is 1. The van der Waals surface area contributed by atoms with Crippen molar-refractivity contribution < 1.29 is 26.7 Å². The molecule has 3 nitrogen and oxygen atoms in total. The first kappa shape index (κ1) is 38.5. The summed E-state index contributed by atoms with van der Waals surface area (Å²) in [6.45, 7) is 19.2. The molecule has 2 aliphatic rings. The maximum Gasteiger partial charge on any atom is 0.416 e. The van der Waals surface area contributed by atoms with E-state index in [0.717, 1.165) is 5.69 Å². The van der Waals surface area contributed by atoms with Crippen LogP contribution in [0.3, 0.4) is 0 Å². The largest absolute Gasteiger partial charge is 0.416 e. The predicted octanol–water partition coefficient (Wildman–Crippen LogP) is 10.9. The highest BCUT2D eigenvalue weighted by Gasteiger charge is 2.42. The van der Waals surface area contributed by atoms with Crippen LogP contribution in [0.15, 0.2) is 24.4 Å². The van der Waals surface area contributed by atoms with E-state index in [4.69, 9.17) is 0 Å².